The van der Waals surface area contributed by atoms with E-state index in [1.165, 1.54) is 0 Å². The number of ketones is 1. The molecule has 84 valence electrons. The van der Waals surface area contributed by atoms with Gasteiger partial charge >= 0.3 is 5.97 Å². The number of rotatable bonds is 2. The molecule has 0 fully saturated rings. The van der Waals surface area contributed by atoms with Crippen molar-refractivity contribution in [2.24, 2.45) is 0 Å². The third kappa shape index (κ3) is 1.73. The first-order valence-corrected chi connectivity index (χ1v) is 5.37. The zero-order valence-corrected chi connectivity index (χ0v) is 9.19. The van der Waals surface area contributed by atoms with E-state index in [0.29, 0.717) is 18.4 Å². The van der Waals surface area contributed by atoms with Crippen LogP contribution in [0.4, 0.5) is 0 Å². The van der Waals surface area contributed by atoms with Gasteiger partial charge in [0.1, 0.15) is 0 Å². The SMILES string of the molecule is CC1(CC(=O)O)CCC(=O)c2ccccc21. The molecular weight excluding hydrogens is 204 g/mol. The molecule has 3 heteroatoms. The van der Waals surface area contributed by atoms with E-state index in [9.17, 15) is 9.59 Å². The van der Waals surface area contributed by atoms with Crippen molar-refractivity contribution in [1.82, 2.24) is 0 Å². The summed E-state index contributed by atoms with van der Waals surface area (Å²) in [5.41, 5.74) is 1.17. The molecule has 1 N–H and O–H groups in total. The van der Waals surface area contributed by atoms with Crippen LogP contribution < -0.4 is 0 Å². The Morgan fingerprint density at radius 3 is 2.81 bits per heavy atom. The quantitative estimate of drug-likeness (QED) is 0.829. The van der Waals surface area contributed by atoms with Gasteiger partial charge in [0.05, 0.1) is 6.42 Å². The molecule has 0 heterocycles. The molecule has 0 aliphatic heterocycles. The van der Waals surface area contributed by atoms with Gasteiger partial charge in [-0.15, -0.1) is 0 Å². The van der Waals surface area contributed by atoms with E-state index in [1.54, 1.807) is 6.07 Å². The summed E-state index contributed by atoms with van der Waals surface area (Å²) >= 11 is 0. The van der Waals surface area contributed by atoms with Gasteiger partial charge in [0.25, 0.3) is 0 Å². The van der Waals surface area contributed by atoms with Crippen molar-refractivity contribution < 1.29 is 14.7 Å². The summed E-state index contributed by atoms with van der Waals surface area (Å²) in [5.74, 6) is -0.690. The topological polar surface area (TPSA) is 54.4 Å². The molecule has 1 aliphatic carbocycles. The van der Waals surface area contributed by atoms with E-state index in [-0.39, 0.29) is 12.2 Å². The number of carboxylic acid groups (broad SMARTS) is 1. The van der Waals surface area contributed by atoms with Crippen molar-refractivity contribution in [2.45, 2.75) is 31.6 Å². The lowest BCUT2D eigenvalue weighted by atomic mass is 9.69. The maximum absolute atomic E-state index is 11.7. The average Bonchev–Trinajstić information content (AvgIpc) is 2.24. The number of Topliss-reactive ketones (excluding diaryl/α,β-unsaturated/α-hetero) is 1. The van der Waals surface area contributed by atoms with Crippen LogP contribution in [0, 0.1) is 0 Å². The highest BCUT2D eigenvalue weighted by molar-refractivity contribution is 5.99. The van der Waals surface area contributed by atoms with E-state index in [2.05, 4.69) is 0 Å². The number of carbonyl (C=O) groups excluding carboxylic acids is 1. The highest BCUT2D eigenvalue weighted by Gasteiger charge is 2.36. The van der Waals surface area contributed by atoms with Crippen LogP contribution in [-0.2, 0) is 10.2 Å². The molecule has 1 unspecified atom stereocenters. The van der Waals surface area contributed by atoms with Crippen LogP contribution in [-0.4, -0.2) is 16.9 Å². The lowest BCUT2D eigenvalue weighted by Crippen LogP contribution is -2.32. The Bertz CT molecular complexity index is 450. The van der Waals surface area contributed by atoms with Crippen molar-refractivity contribution >= 4 is 11.8 Å². The van der Waals surface area contributed by atoms with Gasteiger partial charge in [-0.25, -0.2) is 0 Å². The molecule has 0 saturated heterocycles. The van der Waals surface area contributed by atoms with Gasteiger partial charge < -0.3 is 5.11 Å². The fraction of sp³-hybridized carbons (Fsp3) is 0.385. The maximum atomic E-state index is 11.7. The summed E-state index contributed by atoms with van der Waals surface area (Å²) in [4.78, 5) is 22.6. The first-order valence-electron chi connectivity index (χ1n) is 5.37. The molecule has 1 aliphatic rings. The number of benzene rings is 1. The molecule has 1 atom stereocenters. The smallest absolute Gasteiger partial charge is 0.304 e. The maximum Gasteiger partial charge on any atom is 0.304 e. The van der Waals surface area contributed by atoms with Gasteiger partial charge in [-0.1, -0.05) is 31.2 Å². The minimum atomic E-state index is -0.813. The van der Waals surface area contributed by atoms with Crippen LogP contribution in [0.15, 0.2) is 24.3 Å². The number of aliphatic carboxylic acids is 1. The van der Waals surface area contributed by atoms with E-state index in [1.807, 2.05) is 25.1 Å². The van der Waals surface area contributed by atoms with Gasteiger partial charge in [0.15, 0.2) is 5.78 Å². The highest BCUT2D eigenvalue weighted by Crippen LogP contribution is 2.39. The molecular formula is C13H14O3. The Kier molecular flexibility index (Phi) is 2.54. The highest BCUT2D eigenvalue weighted by atomic mass is 16.4. The van der Waals surface area contributed by atoms with Gasteiger partial charge in [-0.2, -0.15) is 0 Å². The fourth-order valence-electron chi connectivity index (χ4n) is 2.43. The number of fused-ring (bicyclic) bond motifs is 1. The van der Waals surface area contributed by atoms with Crippen LogP contribution in [0.25, 0.3) is 0 Å². The molecule has 0 aromatic heterocycles. The molecule has 0 bridgehead atoms. The van der Waals surface area contributed by atoms with Crippen molar-refractivity contribution in [3.05, 3.63) is 35.4 Å². The number of hydrogen-bond acceptors (Lipinski definition) is 2. The lowest BCUT2D eigenvalue weighted by molar-refractivity contribution is -0.138. The Hall–Kier alpha value is -1.64. The second-order valence-corrected chi connectivity index (χ2v) is 4.60. The molecule has 0 saturated carbocycles. The molecule has 16 heavy (non-hydrogen) atoms. The standard InChI is InChI=1S/C13H14O3/c1-13(8-12(15)16)7-6-11(14)9-4-2-3-5-10(9)13/h2-5H,6-8H2,1H3,(H,15,16). The van der Waals surface area contributed by atoms with Crippen molar-refractivity contribution in [3.8, 4) is 0 Å². The average molecular weight is 218 g/mol. The summed E-state index contributed by atoms with van der Waals surface area (Å²) in [6, 6.07) is 7.34. The molecule has 0 amide bonds. The monoisotopic (exact) mass is 218 g/mol. The zero-order valence-electron chi connectivity index (χ0n) is 9.19. The Morgan fingerprint density at radius 1 is 1.44 bits per heavy atom. The van der Waals surface area contributed by atoms with Crippen LogP contribution in [0.5, 0.6) is 0 Å². The van der Waals surface area contributed by atoms with Gasteiger partial charge in [-0.05, 0) is 12.0 Å². The second-order valence-electron chi connectivity index (χ2n) is 4.60. The van der Waals surface area contributed by atoms with Gasteiger partial charge in [0, 0.05) is 17.4 Å². The molecule has 0 spiro atoms. The van der Waals surface area contributed by atoms with Crippen LogP contribution >= 0.6 is 0 Å². The Balaban J connectivity index is 2.49. The number of carbonyl (C=O) groups is 2. The molecule has 3 nitrogen and oxygen atoms in total. The van der Waals surface area contributed by atoms with Crippen molar-refractivity contribution in [1.29, 1.82) is 0 Å². The zero-order chi connectivity index (χ0) is 11.8. The first kappa shape index (κ1) is 10.9. The van der Waals surface area contributed by atoms with E-state index >= 15 is 0 Å². The third-order valence-electron chi connectivity index (χ3n) is 3.32. The largest absolute Gasteiger partial charge is 0.481 e. The Labute approximate surface area is 94.1 Å². The number of carboxylic acids is 1. The summed E-state index contributed by atoms with van der Waals surface area (Å²) < 4.78 is 0. The van der Waals surface area contributed by atoms with Crippen molar-refractivity contribution in [2.75, 3.05) is 0 Å². The van der Waals surface area contributed by atoms with Gasteiger partial charge in [-0.3, -0.25) is 9.59 Å². The minimum absolute atomic E-state index is 0.0806. The summed E-state index contributed by atoms with van der Waals surface area (Å²) in [6.07, 6.45) is 1.15. The van der Waals surface area contributed by atoms with E-state index in [4.69, 9.17) is 5.11 Å². The normalized spacial score (nSPS) is 23.9. The minimum Gasteiger partial charge on any atom is -0.481 e. The van der Waals surface area contributed by atoms with Crippen LogP contribution in [0.2, 0.25) is 0 Å². The summed E-state index contributed by atoms with van der Waals surface area (Å²) in [5, 5.41) is 8.94. The van der Waals surface area contributed by atoms with E-state index in [0.717, 1.165) is 5.56 Å². The van der Waals surface area contributed by atoms with Crippen molar-refractivity contribution in [3.63, 3.8) is 0 Å². The summed E-state index contributed by atoms with van der Waals surface area (Å²) in [7, 11) is 0. The van der Waals surface area contributed by atoms with Crippen LogP contribution in [0.3, 0.4) is 0 Å². The molecule has 0 radical (unpaired) electrons. The lowest BCUT2D eigenvalue weighted by Gasteiger charge is -2.33. The molecule has 1 aromatic rings. The van der Waals surface area contributed by atoms with E-state index < -0.39 is 11.4 Å². The van der Waals surface area contributed by atoms with Gasteiger partial charge in [0.2, 0.25) is 0 Å². The first-order chi connectivity index (χ1) is 7.53. The fourth-order valence-corrected chi connectivity index (χ4v) is 2.43. The second kappa shape index (κ2) is 3.74. The number of hydrogen-bond donors (Lipinski definition) is 1. The van der Waals surface area contributed by atoms with Crippen LogP contribution in [0.1, 0.15) is 42.1 Å². The third-order valence-corrected chi connectivity index (χ3v) is 3.32. The predicted octanol–water partition coefficient (Wildman–Crippen LogP) is 2.40. The summed E-state index contributed by atoms with van der Waals surface area (Å²) in [6.45, 7) is 1.92. The molecule has 1 aromatic carbocycles. The molecule has 2 rings (SSSR count). The Morgan fingerprint density at radius 2 is 2.12 bits per heavy atom. The predicted molar refractivity (Wildman–Crippen MR) is 59.6 cm³/mol.